The summed E-state index contributed by atoms with van der Waals surface area (Å²) in [4.78, 5) is 25.3. The molecule has 3 aromatic heterocycles. The van der Waals surface area contributed by atoms with Gasteiger partial charge in [-0.25, -0.2) is 4.98 Å². The average Bonchev–Trinajstić information content (AvgIpc) is 3.25. The summed E-state index contributed by atoms with van der Waals surface area (Å²) < 4.78 is 5.33. The van der Waals surface area contributed by atoms with Gasteiger partial charge in [0.25, 0.3) is 11.8 Å². The van der Waals surface area contributed by atoms with Crippen LogP contribution in [0.25, 0.3) is 23.0 Å². The third-order valence-corrected chi connectivity index (χ3v) is 4.63. The summed E-state index contributed by atoms with van der Waals surface area (Å²) in [6.07, 6.45) is 5.23. The molecule has 0 aliphatic rings. The second-order valence-corrected chi connectivity index (χ2v) is 6.52. The van der Waals surface area contributed by atoms with E-state index < -0.39 is 0 Å². The predicted octanol–water partition coefficient (Wildman–Crippen LogP) is 4.17. The fourth-order valence-electron chi connectivity index (χ4n) is 2.56. The van der Waals surface area contributed by atoms with Crippen LogP contribution < -0.4 is 5.32 Å². The lowest BCUT2D eigenvalue weighted by molar-refractivity contribution is 0.102. The standard InChI is InChI=1S/C20H15N5O2S/c1-28-20-15(5-4-12-22-20)18(26)23-14-9-7-13(8-10-14)19-24-17(25-27-19)16-6-2-3-11-21-16/h2-12H,1H3,(H,23,26). The van der Waals surface area contributed by atoms with Crippen molar-refractivity contribution >= 4 is 23.4 Å². The van der Waals surface area contributed by atoms with Gasteiger partial charge >= 0.3 is 0 Å². The fraction of sp³-hybridized carbons (Fsp3) is 0.0500. The second-order valence-electron chi connectivity index (χ2n) is 5.73. The normalized spacial score (nSPS) is 10.6. The topological polar surface area (TPSA) is 93.8 Å². The van der Waals surface area contributed by atoms with Gasteiger partial charge in [0, 0.05) is 23.6 Å². The van der Waals surface area contributed by atoms with Crippen LogP contribution in [-0.4, -0.2) is 32.3 Å². The van der Waals surface area contributed by atoms with Crippen molar-refractivity contribution in [3.8, 4) is 23.0 Å². The Morgan fingerprint density at radius 1 is 1.00 bits per heavy atom. The number of pyridine rings is 2. The zero-order valence-corrected chi connectivity index (χ0v) is 15.7. The van der Waals surface area contributed by atoms with E-state index in [1.165, 1.54) is 11.8 Å². The molecule has 1 amide bonds. The minimum absolute atomic E-state index is 0.208. The number of aromatic nitrogens is 4. The lowest BCUT2D eigenvalue weighted by Gasteiger charge is -2.08. The SMILES string of the molecule is CSc1ncccc1C(=O)Nc1ccc(-c2nc(-c3ccccn3)no2)cc1. The van der Waals surface area contributed by atoms with E-state index in [2.05, 4.69) is 25.4 Å². The maximum Gasteiger partial charge on any atom is 0.258 e. The smallest absolute Gasteiger partial charge is 0.258 e. The van der Waals surface area contributed by atoms with Crippen LogP contribution in [0.2, 0.25) is 0 Å². The van der Waals surface area contributed by atoms with Crippen molar-refractivity contribution in [2.75, 3.05) is 11.6 Å². The van der Waals surface area contributed by atoms with Crippen LogP contribution in [0.15, 0.2) is 76.5 Å². The maximum absolute atomic E-state index is 12.5. The van der Waals surface area contributed by atoms with E-state index in [0.29, 0.717) is 33.7 Å². The van der Waals surface area contributed by atoms with E-state index in [4.69, 9.17) is 4.52 Å². The van der Waals surface area contributed by atoms with Crippen LogP contribution in [0.3, 0.4) is 0 Å². The number of hydrogen-bond donors (Lipinski definition) is 1. The van der Waals surface area contributed by atoms with E-state index in [1.54, 1.807) is 36.7 Å². The first-order chi connectivity index (χ1) is 13.7. The van der Waals surface area contributed by atoms with Gasteiger partial charge in [0.2, 0.25) is 5.82 Å². The van der Waals surface area contributed by atoms with Crippen molar-refractivity contribution in [3.05, 3.63) is 72.6 Å². The number of carbonyl (C=O) groups excluding carboxylic acids is 1. The quantitative estimate of drug-likeness (QED) is 0.512. The summed E-state index contributed by atoms with van der Waals surface area (Å²) in [6, 6.07) is 16.2. The molecule has 0 saturated carbocycles. The van der Waals surface area contributed by atoms with Crippen molar-refractivity contribution in [1.82, 2.24) is 20.1 Å². The molecule has 0 radical (unpaired) electrons. The molecule has 0 fully saturated rings. The number of benzene rings is 1. The molecule has 0 spiro atoms. The first-order valence-electron chi connectivity index (χ1n) is 8.40. The predicted molar refractivity (Wildman–Crippen MR) is 107 cm³/mol. The minimum Gasteiger partial charge on any atom is -0.334 e. The Kier molecular flexibility index (Phi) is 5.11. The Balaban J connectivity index is 1.50. The minimum atomic E-state index is -0.208. The van der Waals surface area contributed by atoms with E-state index in [0.717, 1.165) is 5.56 Å². The molecule has 0 aliphatic heterocycles. The van der Waals surface area contributed by atoms with Gasteiger partial charge in [-0.1, -0.05) is 11.2 Å². The summed E-state index contributed by atoms with van der Waals surface area (Å²) in [5.74, 6) is 0.602. The zero-order chi connectivity index (χ0) is 19.3. The lowest BCUT2D eigenvalue weighted by atomic mass is 10.2. The van der Waals surface area contributed by atoms with Crippen molar-refractivity contribution in [2.24, 2.45) is 0 Å². The molecule has 0 atom stereocenters. The van der Waals surface area contributed by atoms with E-state index >= 15 is 0 Å². The largest absolute Gasteiger partial charge is 0.334 e. The molecule has 4 aromatic rings. The number of nitrogens with zero attached hydrogens (tertiary/aromatic N) is 4. The number of amides is 1. The van der Waals surface area contributed by atoms with Crippen molar-refractivity contribution in [1.29, 1.82) is 0 Å². The first-order valence-corrected chi connectivity index (χ1v) is 9.63. The van der Waals surface area contributed by atoms with Crippen molar-refractivity contribution < 1.29 is 9.32 Å². The number of thioether (sulfide) groups is 1. The zero-order valence-electron chi connectivity index (χ0n) is 14.9. The van der Waals surface area contributed by atoms with Gasteiger partial charge in [-0.15, -0.1) is 11.8 Å². The first kappa shape index (κ1) is 17.9. The van der Waals surface area contributed by atoms with Gasteiger partial charge in [-0.2, -0.15) is 4.98 Å². The molecule has 0 saturated heterocycles. The van der Waals surface area contributed by atoms with Gasteiger partial charge in [-0.05, 0) is 54.8 Å². The molecule has 8 heteroatoms. The molecule has 0 aliphatic carbocycles. The molecule has 3 heterocycles. The van der Waals surface area contributed by atoms with Crippen LogP contribution in [0.5, 0.6) is 0 Å². The Morgan fingerprint density at radius 3 is 2.57 bits per heavy atom. The highest BCUT2D eigenvalue weighted by Crippen LogP contribution is 2.23. The van der Waals surface area contributed by atoms with Crippen molar-refractivity contribution in [2.45, 2.75) is 5.03 Å². The van der Waals surface area contributed by atoms with Crippen LogP contribution in [0.1, 0.15) is 10.4 Å². The lowest BCUT2D eigenvalue weighted by Crippen LogP contribution is -2.13. The molecule has 0 bridgehead atoms. The molecule has 7 nitrogen and oxygen atoms in total. The Hall–Kier alpha value is -3.52. The summed E-state index contributed by atoms with van der Waals surface area (Å²) in [6.45, 7) is 0. The summed E-state index contributed by atoms with van der Waals surface area (Å²) >= 11 is 1.43. The Labute approximate surface area is 165 Å². The molecule has 0 unspecified atom stereocenters. The molecule has 4 rings (SSSR count). The van der Waals surface area contributed by atoms with Crippen LogP contribution in [0, 0.1) is 0 Å². The molecule has 28 heavy (non-hydrogen) atoms. The van der Waals surface area contributed by atoms with Crippen LogP contribution >= 0.6 is 11.8 Å². The number of anilines is 1. The van der Waals surface area contributed by atoms with Gasteiger partial charge in [0.15, 0.2) is 0 Å². The number of hydrogen-bond acceptors (Lipinski definition) is 7. The fourth-order valence-corrected chi connectivity index (χ4v) is 3.11. The maximum atomic E-state index is 12.5. The highest BCUT2D eigenvalue weighted by Gasteiger charge is 2.13. The molecule has 1 N–H and O–H groups in total. The van der Waals surface area contributed by atoms with Crippen LogP contribution in [-0.2, 0) is 0 Å². The Bertz CT molecular complexity index is 1100. The molecule has 138 valence electrons. The van der Waals surface area contributed by atoms with Gasteiger partial charge in [0.05, 0.1) is 5.56 Å². The van der Waals surface area contributed by atoms with E-state index in [1.807, 2.05) is 36.6 Å². The van der Waals surface area contributed by atoms with Crippen LogP contribution in [0.4, 0.5) is 5.69 Å². The van der Waals surface area contributed by atoms with E-state index in [-0.39, 0.29) is 5.91 Å². The highest BCUT2D eigenvalue weighted by atomic mass is 32.2. The van der Waals surface area contributed by atoms with Crippen molar-refractivity contribution in [3.63, 3.8) is 0 Å². The third-order valence-electron chi connectivity index (χ3n) is 3.92. The monoisotopic (exact) mass is 389 g/mol. The summed E-state index contributed by atoms with van der Waals surface area (Å²) in [7, 11) is 0. The Morgan fingerprint density at radius 2 is 1.82 bits per heavy atom. The van der Waals surface area contributed by atoms with Gasteiger partial charge < -0.3 is 9.84 Å². The number of rotatable bonds is 5. The highest BCUT2D eigenvalue weighted by molar-refractivity contribution is 7.98. The summed E-state index contributed by atoms with van der Waals surface area (Å²) in [5.41, 5.74) is 2.59. The van der Waals surface area contributed by atoms with Gasteiger partial charge in [0.1, 0.15) is 10.7 Å². The van der Waals surface area contributed by atoms with E-state index in [9.17, 15) is 4.79 Å². The number of nitrogens with one attached hydrogen (secondary N) is 1. The third kappa shape index (κ3) is 3.77. The molecule has 1 aromatic carbocycles. The molecular formula is C20H15N5O2S. The second kappa shape index (κ2) is 8.01. The molecular weight excluding hydrogens is 374 g/mol. The summed E-state index contributed by atoms with van der Waals surface area (Å²) in [5, 5.41) is 7.52. The average molecular weight is 389 g/mol. The van der Waals surface area contributed by atoms with Gasteiger partial charge in [-0.3, -0.25) is 9.78 Å². The number of carbonyl (C=O) groups is 1.